The highest BCUT2D eigenvalue weighted by Gasteiger charge is 2.47. The summed E-state index contributed by atoms with van der Waals surface area (Å²) in [6.07, 6.45) is 1.51. The minimum absolute atomic E-state index is 0.0385. The molecule has 0 radical (unpaired) electrons. The third-order valence-corrected chi connectivity index (χ3v) is 6.24. The predicted octanol–water partition coefficient (Wildman–Crippen LogP) is 5.67. The SMILES string of the molecule is Cc1ccc(C)c(CN2C(=O)C(=O)/C(=C(\O)c3cccc4ccccc34)C2c2ccco2)c1. The highest BCUT2D eigenvalue weighted by atomic mass is 16.3. The maximum absolute atomic E-state index is 13.3. The van der Waals surface area contributed by atoms with Gasteiger partial charge in [0.2, 0.25) is 0 Å². The number of hydrogen-bond donors (Lipinski definition) is 1. The van der Waals surface area contributed by atoms with Crippen LogP contribution in [0.5, 0.6) is 0 Å². The first-order valence-electron chi connectivity index (χ1n) is 10.8. The summed E-state index contributed by atoms with van der Waals surface area (Å²) >= 11 is 0. The van der Waals surface area contributed by atoms with Crippen LogP contribution in [0.2, 0.25) is 0 Å². The molecular formula is C28H23NO4. The van der Waals surface area contributed by atoms with Crippen LogP contribution in [0.15, 0.2) is 89.0 Å². The van der Waals surface area contributed by atoms with Crippen LogP contribution >= 0.6 is 0 Å². The largest absolute Gasteiger partial charge is 0.507 e. The molecule has 1 aliphatic heterocycles. The van der Waals surface area contributed by atoms with Gasteiger partial charge >= 0.3 is 0 Å². The molecule has 0 saturated carbocycles. The van der Waals surface area contributed by atoms with Gasteiger partial charge in [0.15, 0.2) is 0 Å². The second-order valence-electron chi connectivity index (χ2n) is 8.40. The molecule has 1 unspecified atom stereocenters. The summed E-state index contributed by atoms with van der Waals surface area (Å²) in [5, 5.41) is 13.1. The van der Waals surface area contributed by atoms with Crippen molar-refractivity contribution >= 4 is 28.2 Å². The van der Waals surface area contributed by atoms with Crippen LogP contribution in [0.3, 0.4) is 0 Å². The van der Waals surface area contributed by atoms with Gasteiger partial charge in [-0.3, -0.25) is 9.59 Å². The number of Topliss-reactive ketones (excluding diaryl/α,β-unsaturated/α-hetero) is 1. The highest BCUT2D eigenvalue weighted by molar-refractivity contribution is 6.46. The molecule has 1 atom stereocenters. The second kappa shape index (κ2) is 8.10. The number of aryl methyl sites for hydroxylation is 2. The number of rotatable bonds is 4. The lowest BCUT2D eigenvalue weighted by atomic mass is 9.96. The van der Waals surface area contributed by atoms with Gasteiger partial charge in [0.25, 0.3) is 11.7 Å². The summed E-state index contributed by atoms with van der Waals surface area (Å²) < 4.78 is 5.65. The number of benzene rings is 3. The van der Waals surface area contributed by atoms with Crippen LogP contribution in [0.1, 0.15) is 34.1 Å². The lowest BCUT2D eigenvalue weighted by Gasteiger charge is -2.24. The molecule has 0 aliphatic carbocycles. The molecule has 2 heterocycles. The van der Waals surface area contributed by atoms with E-state index >= 15 is 0 Å². The molecule has 4 aromatic rings. The minimum Gasteiger partial charge on any atom is -0.507 e. The third-order valence-electron chi connectivity index (χ3n) is 6.24. The number of aliphatic hydroxyl groups is 1. The third kappa shape index (κ3) is 3.52. The summed E-state index contributed by atoms with van der Waals surface area (Å²) in [5.41, 5.74) is 3.58. The molecular weight excluding hydrogens is 414 g/mol. The molecule has 1 aromatic heterocycles. The Hall–Kier alpha value is -4.12. The quantitative estimate of drug-likeness (QED) is 0.254. The lowest BCUT2D eigenvalue weighted by molar-refractivity contribution is -0.140. The van der Waals surface area contributed by atoms with Gasteiger partial charge in [-0.15, -0.1) is 0 Å². The average Bonchev–Trinajstić information content (AvgIpc) is 3.43. The molecule has 0 bridgehead atoms. The molecule has 1 fully saturated rings. The molecule has 1 aliphatic rings. The Bertz CT molecular complexity index is 1410. The summed E-state index contributed by atoms with van der Waals surface area (Å²) in [7, 11) is 0. The maximum Gasteiger partial charge on any atom is 0.296 e. The molecule has 3 aromatic carbocycles. The number of carbonyl (C=O) groups is 2. The Balaban J connectivity index is 1.69. The number of furan rings is 1. The predicted molar refractivity (Wildman–Crippen MR) is 126 cm³/mol. The van der Waals surface area contributed by atoms with E-state index in [1.54, 1.807) is 18.2 Å². The van der Waals surface area contributed by atoms with Crippen molar-refractivity contribution in [3.8, 4) is 0 Å². The van der Waals surface area contributed by atoms with Gasteiger partial charge in [0, 0.05) is 12.1 Å². The minimum atomic E-state index is -0.820. The van der Waals surface area contributed by atoms with Crippen LogP contribution in [0, 0.1) is 13.8 Å². The number of nitrogens with zero attached hydrogens (tertiary/aromatic N) is 1. The molecule has 1 amide bonds. The van der Waals surface area contributed by atoms with Gasteiger partial charge in [0.05, 0.1) is 11.8 Å². The summed E-state index contributed by atoms with van der Waals surface area (Å²) in [6, 6.07) is 21.8. The first kappa shape index (κ1) is 20.8. The molecule has 0 spiro atoms. The topological polar surface area (TPSA) is 70.8 Å². The zero-order chi connectivity index (χ0) is 23.1. The fourth-order valence-electron chi connectivity index (χ4n) is 4.52. The van der Waals surface area contributed by atoms with Crippen LogP contribution in [0.25, 0.3) is 16.5 Å². The number of ketones is 1. The van der Waals surface area contributed by atoms with Gasteiger partial charge in [-0.2, -0.15) is 0 Å². The summed E-state index contributed by atoms with van der Waals surface area (Å²) in [5.74, 6) is -1.14. The number of aliphatic hydroxyl groups excluding tert-OH is 1. The van der Waals surface area contributed by atoms with Gasteiger partial charge in [0.1, 0.15) is 17.6 Å². The Morgan fingerprint density at radius 1 is 0.970 bits per heavy atom. The zero-order valence-electron chi connectivity index (χ0n) is 18.4. The molecule has 5 nitrogen and oxygen atoms in total. The maximum atomic E-state index is 13.3. The zero-order valence-corrected chi connectivity index (χ0v) is 18.4. The standard InChI is InChI=1S/C28H23NO4/c1-17-12-13-18(2)20(15-17)16-29-25(23-11-6-14-33-23)24(27(31)28(29)32)26(30)22-10-5-8-19-7-3-4-9-21(19)22/h3-15,25,30H,16H2,1-2H3/b26-24-. The van der Waals surface area contributed by atoms with E-state index in [1.165, 1.54) is 11.2 Å². The lowest BCUT2D eigenvalue weighted by Crippen LogP contribution is -2.29. The summed E-state index contributed by atoms with van der Waals surface area (Å²) in [6.45, 7) is 4.20. The van der Waals surface area contributed by atoms with Crippen LogP contribution in [-0.4, -0.2) is 21.7 Å². The number of carbonyl (C=O) groups excluding carboxylic acids is 2. The number of amides is 1. The average molecular weight is 437 g/mol. The van der Waals surface area contributed by atoms with Crippen LogP contribution in [-0.2, 0) is 16.1 Å². The van der Waals surface area contributed by atoms with E-state index in [0.717, 1.165) is 27.5 Å². The van der Waals surface area contributed by atoms with E-state index in [9.17, 15) is 14.7 Å². The number of hydrogen-bond acceptors (Lipinski definition) is 4. The smallest absolute Gasteiger partial charge is 0.296 e. The molecule has 5 rings (SSSR count). The Morgan fingerprint density at radius 3 is 2.55 bits per heavy atom. The normalized spacial score (nSPS) is 17.8. The monoisotopic (exact) mass is 437 g/mol. The van der Waals surface area contributed by atoms with E-state index in [4.69, 9.17) is 4.42 Å². The fourth-order valence-corrected chi connectivity index (χ4v) is 4.52. The van der Waals surface area contributed by atoms with Crippen molar-refractivity contribution in [2.75, 3.05) is 0 Å². The van der Waals surface area contributed by atoms with E-state index in [0.29, 0.717) is 11.3 Å². The van der Waals surface area contributed by atoms with Crippen molar-refractivity contribution in [1.82, 2.24) is 4.90 Å². The van der Waals surface area contributed by atoms with Crippen molar-refractivity contribution in [3.63, 3.8) is 0 Å². The van der Waals surface area contributed by atoms with Crippen molar-refractivity contribution in [1.29, 1.82) is 0 Å². The highest BCUT2D eigenvalue weighted by Crippen LogP contribution is 2.41. The Labute approximate surface area is 191 Å². The van der Waals surface area contributed by atoms with Gasteiger partial charge in [-0.25, -0.2) is 0 Å². The van der Waals surface area contributed by atoms with E-state index < -0.39 is 17.7 Å². The van der Waals surface area contributed by atoms with Crippen LogP contribution < -0.4 is 0 Å². The fraction of sp³-hybridized carbons (Fsp3) is 0.143. The van der Waals surface area contributed by atoms with Gasteiger partial charge in [-0.05, 0) is 47.9 Å². The molecule has 5 heteroatoms. The van der Waals surface area contributed by atoms with Crippen LogP contribution in [0.4, 0.5) is 0 Å². The van der Waals surface area contributed by atoms with Crippen molar-refractivity contribution in [3.05, 3.63) is 113 Å². The molecule has 164 valence electrons. The second-order valence-corrected chi connectivity index (χ2v) is 8.40. The Kier molecular flexibility index (Phi) is 5.09. The number of likely N-dealkylation sites (tertiary alicyclic amines) is 1. The van der Waals surface area contributed by atoms with Gasteiger partial charge in [-0.1, -0.05) is 66.2 Å². The molecule has 1 saturated heterocycles. The molecule has 33 heavy (non-hydrogen) atoms. The summed E-state index contributed by atoms with van der Waals surface area (Å²) in [4.78, 5) is 28.0. The first-order chi connectivity index (χ1) is 16.0. The van der Waals surface area contributed by atoms with Gasteiger partial charge < -0.3 is 14.4 Å². The molecule has 1 N–H and O–H groups in total. The number of fused-ring (bicyclic) bond motifs is 1. The van der Waals surface area contributed by atoms with E-state index in [2.05, 4.69) is 0 Å². The van der Waals surface area contributed by atoms with Crippen molar-refractivity contribution in [2.24, 2.45) is 0 Å². The van der Waals surface area contributed by atoms with Crippen molar-refractivity contribution in [2.45, 2.75) is 26.4 Å². The van der Waals surface area contributed by atoms with Crippen molar-refractivity contribution < 1.29 is 19.1 Å². The first-order valence-corrected chi connectivity index (χ1v) is 10.8. The van der Waals surface area contributed by atoms with E-state index in [1.807, 2.05) is 68.4 Å². The Morgan fingerprint density at radius 2 is 1.76 bits per heavy atom. The van der Waals surface area contributed by atoms with E-state index in [-0.39, 0.29) is 17.9 Å².